The van der Waals surface area contributed by atoms with Gasteiger partial charge in [0, 0.05) is 34.7 Å². The zero-order valence-electron chi connectivity index (χ0n) is 12.6. The molecule has 1 fully saturated rings. The second kappa shape index (κ2) is 7.02. The lowest BCUT2D eigenvalue weighted by atomic mass is 10.1. The Labute approximate surface area is 130 Å². The lowest BCUT2D eigenvalue weighted by Crippen LogP contribution is -2.33. The molecule has 0 unspecified atom stereocenters. The van der Waals surface area contributed by atoms with Crippen molar-refractivity contribution in [1.82, 2.24) is 4.90 Å². The quantitative estimate of drug-likeness (QED) is 0.810. The van der Waals surface area contributed by atoms with Gasteiger partial charge in [-0.1, -0.05) is 25.7 Å². The number of carbonyl (C=O) groups excluding carboxylic acids is 1. The van der Waals surface area contributed by atoms with Gasteiger partial charge in [-0.15, -0.1) is 0 Å². The number of hydrogen-bond acceptors (Lipinski definition) is 3. The average molecular weight is 303 g/mol. The Morgan fingerprint density at radius 1 is 1.33 bits per heavy atom. The molecular formula is C17H21NO2S. The molecule has 1 aromatic rings. The second-order valence-electron chi connectivity index (χ2n) is 5.69. The van der Waals surface area contributed by atoms with E-state index >= 15 is 0 Å². The van der Waals surface area contributed by atoms with Crippen LogP contribution in [0.3, 0.4) is 0 Å². The van der Waals surface area contributed by atoms with Crippen molar-refractivity contribution in [3.63, 3.8) is 0 Å². The summed E-state index contributed by atoms with van der Waals surface area (Å²) < 4.78 is 0.249. The minimum absolute atomic E-state index is 0.0926. The van der Waals surface area contributed by atoms with Crippen LogP contribution < -0.4 is 0 Å². The number of thioether (sulfide) groups is 1. The van der Waals surface area contributed by atoms with Crippen LogP contribution in [-0.2, 0) is 0 Å². The molecule has 21 heavy (non-hydrogen) atoms. The molecule has 0 aliphatic carbocycles. The summed E-state index contributed by atoms with van der Waals surface area (Å²) in [4.78, 5) is 14.5. The van der Waals surface area contributed by atoms with Gasteiger partial charge in [-0.05, 0) is 30.7 Å². The summed E-state index contributed by atoms with van der Waals surface area (Å²) >= 11 is 1.93. The molecule has 0 radical (unpaired) electrons. The van der Waals surface area contributed by atoms with E-state index in [1.165, 1.54) is 0 Å². The highest BCUT2D eigenvalue weighted by molar-refractivity contribution is 8.00. The van der Waals surface area contributed by atoms with E-state index in [2.05, 4.69) is 25.7 Å². The number of carbonyl (C=O) groups is 1. The Kier molecular flexibility index (Phi) is 5.33. The van der Waals surface area contributed by atoms with Crippen LogP contribution in [-0.4, -0.2) is 46.1 Å². The first-order valence-corrected chi connectivity index (χ1v) is 8.13. The molecule has 0 spiro atoms. The average Bonchev–Trinajstić information content (AvgIpc) is 2.66. The van der Waals surface area contributed by atoms with Crippen LogP contribution in [0.1, 0.15) is 36.2 Å². The predicted octanol–water partition coefficient (Wildman–Crippen LogP) is 2.39. The molecule has 4 heteroatoms. The van der Waals surface area contributed by atoms with Crippen LogP contribution in [0.25, 0.3) is 0 Å². The van der Waals surface area contributed by atoms with E-state index in [1.807, 2.05) is 40.9 Å². The fraction of sp³-hybridized carbons (Fsp3) is 0.471. The largest absolute Gasteiger partial charge is 0.384 e. The Bertz CT molecular complexity index is 554. The van der Waals surface area contributed by atoms with Gasteiger partial charge in [0.1, 0.15) is 6.61 Å². The van der Waals surface area contributed by atoms with Crippen LogP contribution in [0.4, 0.5) is 0 Å². The lowest BCUT2D eigenvalue weighted by molar-refractivity contribution is 0.0764. The molecule has 1 heterocycles. The Morgan fingerprint density at radius 2 is 2.05 bits per heavy atom. The van der Waals surface area contributed by atoms with Gasteiger partial charge in [0.25, 0.3) is 5.91 Å². The molecule has 1 amide bonds. The SMILES string of the molecule is CC1(C)CCN(C(=O)c2ccc(C#CCO)cc2)CCS1. The van der Waals surface area contributed by atoms with Crippen LogP contribution in [0.2, 0.25) is 0 Å². The Morgan fingerprint density at radius 3 is 2.71 bits per heavy atom. The summed E-state index contributed by atoms with van der Waals surface area (Å²) in [5.41, 5.74) is 1.52. The van der Waals surface area contributed by atoms with Gasteiger partial charge in [-0.2, -0.15) is 11.8 Å². The fourth-order valence-electron chi connectivity index (χ4n) is 2.24. The molecule has 2 rings (SSSR count). The third-order valence-corrected chi connectivity index (χ3v) is 4.94. The van der Waals surface area contributed by atoms with Gasteiger partial charge in [-0.25, -0.2) is 0 Å². The van der Waals surface area contributed by atoms with Gasteiger partial charge in [0.15, 0.2) is 0 Å². The third-order valence-electron chi connectivity index (χ3n) is 3.57. The molecule has 1 aliphatic rings. The highest BCUT2D eigenvalue weighted by Gasteiger charge is 2.26. The van der Waals surface area contributed by atoms with Crippen molar-refractivity contribution in [2.45, 2.75) is 25.0 Å². The van der Waals surface area contributed by atoms with E-state index in [0.717, 1.165) is 30.8 Å². The first kappa shape index (κ1) is 15.9. The summed E-state index contributed by atoms with van der Waals surface area (Å²) in [6, 6.07) is 7.28. The molecule has 1 saturated heterocycles. The van der Waals surface area contributed by atoms with Gasteiger partial charge >= 0.3 is 0 Å². The Balaban J connectivity index is 2.06. The van der Waals surface area contributed by atoms with Crippen LogP contribution in [0.15, 0.2) is 24.3 Å². The second-order valence-corrected chi connectivity index (χ2v) is 7.49. The van der Waals surface area contributed by atoms with Crippen molar-refractivity contribution in [2.24, 2.45) is 0 Å². The minimum Gasteiger partial charge on any atom is -0.384 e. The number of aliphatic hydroxyl groups excluding tert-OH is 1. The summed E-state index contributed by atoms with van der Waals surface area (Å²) in [7, 11) is 0. The first-order valence-electron chi connectivity index (χ1n) is 7.15. The van der Waals surface area contributed by atoms with E-state index in [4.69, 9.17) is 5.11 Å². The molecule has 0 atom stereocenters. The third kappa shape index (κ3) is 4.52. The van der Waals surface area contributed by atoms with Gasteiger partial charge in [0.05, 0.1) is 0 Å². The molecule has 112 valence electrons. The summed E-state index contributed by atoms with van der Waals surface area (Å²) in [6.45, 7) is 5.94. The number of aliphatic hydroxyl groups is 1. The van der Waals surface area contributed by atoms with Crippen molar-refractivity contribution in [2.75, 3.05) is 25.4 Å². The predicted molar refractivity (Wildman–Crippen MR) is 87.5 cm³/mol. The summed E-state index contributed by atoms with van der Waals surface area (Å²) in [5, 5.41) is 8.67. The molecule has 1 aromatic carbocycles. The number of nitrogens with zero attached hydrogens (tertiary/aromatic N) is 1. The zero-order chi connectivity index (χ0) is 15.3. The molecule has 0 bridgehead atoms. The van der Waals surface area contributed by atoms with Crippen molar-refractivity contribution in [3.05, 3.63) is 35.4 Å². The molecule has 1 N–H and O–H groups in total. The number of amides is 1. The normalized spacial score (nSPS) is 17.6. The highest BCUT2D eigenvalue weighted by atomic mass is 32.2. The number of benzene rings is 1. The fourth-order valence-corrected chi connectivity index (χ4v) is 3.34. The molecular weight excluding hydrogens is 282 g/mol. The summed E-state index contributed by atoms with van der Waals surface area (Å²) in [6.07, 6.45) is 1.02. The monoisotopic (exact) mass is 303 g/mol. The maximum Gasteiger partial charge on any atom is 0.253 e. The van der Waals surface area contributed by atoms with E-state index in [-0.39, 0.29) is 17.3 Å². The van der Waals surface area contributed by atoms with E-state index < -0.39 is 0 Å². The topological polar surface area (TPSA) is 40.5 Å². The smallest absolute Gasteiger partial charge is 0.253 e. The minimum atomic E-state index is -0.151. The molecule has 0 saturated carbocycles. The zero-order valence-corrected chi connectivity index (χ0v) is 13.4. The van der Waals surface area contributed by atoms with E-state index in [0.29, 0.717) is 5.56 Å². The van der Waals surface area contributed by atoms with Crippen molar-refractivity contribution >= 4 is 17.7 Å². The number of rotatable bonds is 1. The van der Waals surface area contributed by atoms with Crippen LogP contribution in [0.5, 0.6) is 0 Å². The number of hydrogen-bond donors (Lipinski definition) is 1. The van der Waals surface area contributed by atoms with Crippen molar-refractivity contribution in [1.29, 1.82) is 0 Å². The van der Waals surface area contributed by atoms with Crippen molar-refractivity contribution in [3.8, 4) is 11.8 Å². The van der Waals surface area contributed by atoms with Gasteiger partial charge < -0.3 is 10.0 Å². The maximum absolute atomic E-state index is 12.5. The Hall–Kier alpha value is -1.44. The first-order chi connectivity index (χ1) is 10.0. The van der Waals surface area contributed by atoms with E-state index in [1.54, 1.807) is 0 Å². The van der Waals surface area contributed by atoms with Crippen molar-refractivity contribution < 1.29 is 9.90 Å². The highest BCUT2D eigenvalue weighted by Crippen LogP contribution is 2.31. The van der Waals surface area contributed by atoms with Gasteiger partial charge in [-0.3, -0.25) is 4.79 Å². The maximum atomic E-state index is 12.5. The summed E-state index contributed by atoms with van der Waals surface area (Å²) in [5.74, 6) is 6.51. The molecule has 0 aromatic heterocycles. The lowest BCUT2D eigenvalue weighted by Gasteiger charge is -2.22. The standard InChI is InChI=1S/C17H21NO2S/c1-17(2)9-10-18(11-13-21-17)16(20)15-7-5-14(6-8-15)4-3-12-19/h5-8,19H,9-13H2,1-2H3. The van der Waals surface area contributed by atoms with Crippen LogP contribution >= 0.6 is 11.8 Å². The molecule has 3 nitrogen and oxygen atoms in total. The van der Waals surface area contributed by atoms with Crippen LogP contribution in [0, 0.1) is 11.8 Å². The van der Waals surface area contributed by atoms with E-state index in [9.17, 15) is 4.79 Å². The molecule has 1 aliphatic heterocycles. The van der Waals surface area contributed by atoms with Gasteiger partial charge in [0.2, 0.25) is 0 Å².